The van der Waals surface area contributed by atoms with E-state index in [-0.39, 0.29) is 12.3 Å². The number of rotatable bonds is 3. The zero-order valence-electron chi connectivity index (χ0n) is 10.7. The minimum Gasteiger partial charge on any atom is -0.449 e. The summed E-state index contributed by atoms with van der Waals surface area (Å²) in [4.78, 5) is 24.0. The summed E-state index contributed by atoms with van der Waals surface area (Å²) in [5.41, 5.74) is 5.06. The molecule has 2 aromatic rings. The van der Waals surface area contributed by atoms with Crippen LogP contribution in [0.2, 0.25) is 0 Å². The van der Waals surface area contributed by atoms with Gasteiger partial charge in [-0.05, 0) is 19.1 Å². The monoisotopic (exact) mass is 275 g/mol. The van der Waals surface area contributed by atoms with E-state index in [0.717, 1.165) is 5.69 Å². The van der Waals surface area contributed by atoms with Crippen LogP contribution in [0.25, 0.3) is 5.69 Å². The number of nitrogens with zero attached hydrogens (tertiary/aromatic N) is 3. The summed E-state index contributed by atoms with van der Waals surface area (Å²) in [6, 6.07) is 9.14. The highest BCUT2D eigenvalue weighted by atomic mass is 16.5. The number of carbonyl (C=O) groups excluding carboxylic acids is 2. The van der Waals surface area contributed by atoms with Gasteiger partial charge in [0.1, 0.15) is 0 Å². The Morgan fingerprint density at radius 1 is 1.25 bits per heavy atom. The summed E-state index contributed by atoms with van der Waals surface area (Å²) in [6.07, 6.45) is 0.561. The first-order valence-corrected chi connectivity index (χ1v) is 5.91. The molecule has 0 radical (unpaired) electrons. The van der Waals surface area contributed by atoms with Gasteiger partial charge >= 0.3 is 6.09 Å². The molecule has 0 unspecified atom stereocenters. The van der Waals surface area contributed by atoms with Gasteiger partial charge in [-0.3, -0.25) is 10.2 Å². The second-order valence-corrected chi connectivity index (χ2v) is 3.65. The van der Waals surface area contributed by atoms with E-state index in [4.69, 9.17) is 0 Å². The van der Waals surface area contributed by atoms with Crippen LogP contribution in [0.15, 0.2) is 36.5 Å². The van der Waals surface area contributed by atoms with Crippen LogP contribution in [0.1, 0.15) is 17.4 Å². The van der Waals surface area contributed by atoms with Gasteiger partial charge in [-0.2, -0.15) is 9.90 Å². The predicted octanol–water partition coefficient (Wildman–Crippen LogP) is 0.658. The van der Waals surface area contributed by atoms with Crippen molar-refractivity contribution >= 4 is 12.0 Å². The molecular formula is C12H13N5O3. The number of aromatic nitrogens is 3. The first kappa shape index (κ1) is 13.5. The molecular weight excluding hydrogens is 262 g/mol. The van der Waals surface area contributed by atoms with Crippen LogP contribution in [0.4, 0.5) is 4.79 Å². The van der Waals surface area contributed by atoms with Gasteiger partial charge in [-0.15, -0.1) is 5.10 Å². The van der Waals surface area contributed by atoms with E-state index in [0.29, 0.717) is 0 Å². The number of amides is 2. The fraction of sp³-hybridized carbons (Fsp3) is 0.167. The maximum Gasteiger partial charge on any atom is 0.426 e. The lowest BCUT2D eigenvalue weighted by atomic mass is 10.3. The number of ether oxygens (including phenoxy) is 1. The van der Waals surface area contributed by atoms with E-state index in [1.807, 2.05) is 18.2 Å². The zero-order chi connectivity index (χ0) is 14.4. The Morgan fingerprint density at radius 3 is 2.70 bits per heavy atom. The molecule has 8 heteroatoms. The van der Waals surface area contributed by atoms with Gasteiger partial charge in [0.05, 0.1) is 18.5 Å². The Hall–Kier alpha value is -2.90. The van der Waals surface area contributed by atoms with Gasteiger partial charge in [-0.25, -0.2) is 10.2 Å². The third kappa shape index (κ3) is 3.31. The van der Waals surface area contributed by atoms with Crippen LogP contribution in [0, 0.1) is 0 Å². The van der Waals surface area contributed by atoms with E-state index >= 15 is 0 Å². The van der Waals surface area contributed by atoms with Crippen molar-refractivity contribution in [2.45, 2.75) is 6.92 Å². The Morgan fingerprint density at radius 2 is 2.00 bits per heavy atom. The smallest absolute Gasteiger partial charge is 0.426 e. The molecule has 1 aromatic carbocycles. The number of benzene rings is 1. The third-order valence-electron chi connectivity index (χ3n) is 2.27. The van der Waals surface area contributed by atoms with Crippen LogP contribution < -0.4 is 10.9 Å². The van der Waals surface area contributed by atoms with Crippen LogP contribution in [-0.4, -0.2) is 33.6 Å². The molecule has 0 aliphatic rings. The maximum absolute atomic E-state index is 11.7. The number of para-hydroxylation sites is 1. The molecule has 2 amide bonds. The van der Waals surface area contributed by atoms with Crippen molar-refractivity contribution in [2.24, 2.45) is 0 Å². The molecule has 8 nitrogen and oxygen atoms in total. The normalized spacial score (nSPS) is 9.85. The molecule has 0 atom stereocenters. The lowest BCUT2D eigenvalue weighted by molar-refractivity contribution is 0.0907. The Kier molecular flexibility index (Phi) is 4.28. The Balaban J connectivity index is 1.98. The summed E-state index contributed by atoms with van der Waals surface area (Å²) >= 11 is 0. The first-order chi connectivity index (χ1) is 9.70. The summed E-state index contributed by atoms with van der Waals surface area (Å²) in [6.45, 7) is 1.87. The Labute approximate surface area is 114 Å². The van der Waals surface area contributed by atoms with Crippen LogP contribution in [0.5, 0.6) is 0 Å². The standard InChI is InChI=1S/C12H13N5O3/c1-2-20-12(19)15-14-11(18)10-8-13-17(16-10)9-6-4-3-5-7-9/h3-8H,2H2,1H3,(H,14,18)(H,15,19). The molecule has 2 N–H and O–H groups in total. The van der Waals surface area contributed by atoms with Crippen molar-refractivity contribution in [1.82, 2.24) is 25.8 Å². The van der Waals surface area contributed by atoms with Gasteiger partial charge in [-0.1, -0.05) is 18.2 Å². The maximum atomic E-state index is 11.7. The average Bonchev–Trinajstić information content (AvgIpc) is 2.96. The molecule has 1 aromatic heterocycles. The van der Waals surface area contributed by atoms with Crippen LogP contribution >= 0.6 is 0 Å². The minimum absolute atomic E-state index is 0.0747. The molecule has 0 fully saturated rings. The first-order valence-electron chi connectivity index (χ1n) is 5.91. The lowest BCUT2D eigenvalue weighted by Gasteiger charge is -2.04. The van der Waals surface area contributed by atoms with E-state index in [1.54, 1.807) is 19.1 Å². The third-order valence-corrected chi connectivity index (χ3v) is 2.27. The average molecular weight is 275 g/mol. The van der Waals surface area contributed by atoms with Crippen molar-refractivity contribution in [3.05, 3.63) is 42.2 Å². The summed E-state index contributed by atoms with van der Waals surface area (Å²) in [5, 5.41) is 7.98. The van der Waals surface area contributed by atoms with E-state index in [1.165, 1.54) is 11.0 Å². The fourth-order valence-corrected chi connectivity index (χ4v) is 1.39. The molecule has 0 bridgehead atoms. The number of hydrogen-bond donors (Lipinski definition) is 2. The van der Waals surface area contributed by atoms with Crippen molar-refractivity contribution in [3.63, 3.8) is 0 Å². The highest BCUT2D eigenvalue weighted by molar-refractivity contribution is 5.92. The number of hydrazine groups is 1. The molecule has 104 valence electrons. The van der Waals surface area contributed by atoms with Gasteiger partial charge in [0.2, 0.25) is 0 Å². The highest BCUT2D eigenvalue weighted by Gasteiger charge is 2.12. The topological polar surface area (TPSA) is 98.1 Å². The zero-order valence-corrected chi connectivity index (χ0v) is 10.7. The van der Waals surface area contributed by atoms with Gasteiger partial charge in [0, 0.05) is 0 Å². The van der Waals surface area contributed by atoms with Gasteiger partial charge in [0.25, 0.3) is 5.91 Å². The molecule has 0 spiro atoms. The van der Waals surface area contributed by atoms with Gasteiger partial charge in [0.15, 0.2) is 5.69 Å². The largest absolute Gasteiger partial charge is 0.449 e. The summed E-state index contributed by atoms with van der Waals surface area (Å²) < 4.78 is 4.60. The quantitative estimate of drug-likeness (QED) is 0.802. The minimum atomic E-state index is -0.740. The van der Waals surface area contributed by atoms with E-state index in [2.05, 4.69) is 25.8 Å². The van der Waals surface area contributed by atoms with E-state index in [9.17, 15) is 9.59 Å². The Bertz CT molecular complexity index is 596. The second kappa shape index (κ2) is 6.32. The molecule has 0 aliphatic carbocycles. The lowest BCUT2D eigenvalue weighted by Crippen LogP contribution is -2.42. The van der Waals surface area contributed by atoms with Crippen molar-refractivity contribution in [3.8, 4) is 5.69 Å². The van der Waals surface area contributed by atoms with Gasteiger partial charge < -0.3 is 4.74 Å². The SMILES string of the molecule is CCOC(=O)NNC(=O)c1cnn(-c2ccccc2)n1. The van der Waals surface area contributed by atoms with Crippen molar-refractivity contribution < 1.29 is 14.3 Å². The highest BCUT2D eigenvalue weighted by Crippen LogP contribution is 2.03. The number of hydrogen-bond acceptors (Lipinski definition) is 5. The molecule has 0 saturated carbocycles. The number of carbonyl (C=O) groups is 2. The van der Waals surface area contributed by atoms with Crippen molar-refractivity contribution in [2.75, 3.05) is 6.61 Å². The molecule has 1 heterocycles. The van der Waals surface area contributed by atoms with E-state index < -0.39 is 12.0 Å². The molecule has 0 saturated heterocycles. The van der Waals surface area contributed by atoms with Crippen LogP contribution in [0.3, 0.4) is 0 Å². The van der Waals surface area contributed by atoms with Crippen molar-refractivity contribution in [1.29, 1.82) is 0 Å². The molecule has 20 heavy (non-hydrogen) atoms. The molecule has 0 aliphatic heterocycles. The number of nitrogens with one attached hydrogen (secondary N) is 2. The predicted molar refractivity (Wildman–Crippen MR) is 69.0 cm³/mol. The summed E-state index contributed by atoms with van der Waals surface area (Å²) in [7, 11) is 0. The fourth-order valence-electron chi connectivity index (χ4n) is 1.39. The molecule has 2 rings (SSSR count). The second-order valence-electron chi connectivity index (χ2n) is 3.65. The summed E-state index contributed by atoms with van der Waals surface area (Å²) in [5.74, 6) is -0.583. The van der Waals surface area contributed by atoms with Crippen LogP contribution in [-0.2, 0) is 4.74 Å².